The van der Waals surface area contributed by atoms with Crippen molar-refractivity contribution in [1.29, 1.82) is 0 Å². The number of carbonyl (C=O) groups is 1. The number of aryl methyl sites for hydroxylation is 1. The molecule has 0 aromatic heterocycles. The average molecular weight is 503 g/mol. The lowest BCUT2D eigenvalue weighted by Gasteiger charge is -2.12. The summed E-state index contributed by atoms with van der Waals surface area (Å²) < 4.78 is 7.39. The minimum Gasteiger partial charge on any atom is -0.482 e. The van der Waals surface area contributed by atoms with Crippen molar-refractivity contribution in [3.05, 3.63) is 81.2 Å². The monoisotopic (exact) mass is 501 g/mol. The summed E-state index contributed by atoms with van der Waals surface area (Å²) in [5.41, 5.74) is 3.08. The van der Waals surface area contributed by atoms with Crippen LogP contribution < -0.4 is 10.1 Å². The van der Waals surface area contributed by atoms with Crippen LogP contribution in [0.2, 0.25) is 0 Å². The standard InChI is InChI=1S/C21H17Br2N3O2/c1-14-11-15(22)12-19(23)21(14)28-13-20(27)24-16-7-9-18(10-8-16)26-25-17-5-3-2-4-6-17/h2-12H,13H2,1H3,(H,24,27). The van der Waals surface area contributed by atoms with Crippen LogP contribution in [0.15, 0.2) is 85.9 Å². The highest BCUT2D eigenvalue weighted by atomic mass is 79.9. The van der Waals surface area contributed by atoms with E-state index >= 15 is 0 Å². The summed E-state index contributed by atoms with van der Waals surface area (Å²) in [6.07, 6.45) is 0. The Labute approximate surface area is 180 Å². The zero-order valence-electron chi connectivity index (χ0n) is 15.0. The van der Waals surface area contributed by atoms with Gasteiger partial charge >= 0.3 is 0 Å². The summed E-state index contributed by atoms with van der Waals surface area (Å²) >= 11 is 6.87. The van der Waals surface area contributed by atoms with Crippen molar-refractivity contribution in [1.82, 2.24) is 0 Å². The fraction of sp³-hybridized carbons (Fsp3) is 0.0952. The molecule has 0 aliphatic carbocycles. The number of ether oxygens (including phenoxy) is 1. The summed E-state index contributed by atoms with van der Waals surface area (Å²) in [5.74, 6) is 0.405. The number of hydrogen-bond acceptors (Lipinski definition) is 4. The summed E-state index contributed by atoms with van der Waals surface area (Å²) in [4.78, 5) is 12.2. The third-order valence-electron chi connectivity index (χ3n) is 3.73. The van der Waals surface area contributed by atoms with Crippen LogP contribution in [-0.2, 0) is 4.79 Å². The first kappa shape index (κ1) is 20.2. The van der Waals surface area contributed by atoms with Gasteiger partial charge in [-0.05, 0) is 76.9 Å². The number of rotatable bonds is 6. The Hall–Kier alpha value is -2.51. The Morgan fingerprint density at radius 1 is 0.964 bits per heavy atom. The smallest absolute Gasteiger partial charge is 0.262 e. The fourth-order valence-electron chi connectivity index (χ4n) is 2.43. The molecule has 1 amide bonds. The number of benzene rings is 3. The number of carbonyl (C=O) groups excluding carboxylic acids is 1. The van der Waals surface area contributed by atoms with E-state index in [9.17, 15) is 4.79 Å². The average Bonchev–Trinajstić information content (AvgIpc) is 2.67. The van der Waals surface area contributed by atoms with E-state index in [1.54, 1.807) is 24.3 Å². The van der Waals surface area contributed by atoms with Gasteiger partial charge in [-0.3, -0.25) is 4.79 Å². The van der Waals surface area contributed by atoms with E-state index in [1.165, 1.54) is 0 Å². The van der Waals surface area contributed by atoms with Gasteiger partial charge in [0.05, 0.1) is 15.8 Å². The van der Waals surface area contributed by atoms with Gasteiger partial charge < -0.3 is 10.1 Å². The maximum Gasteiger partial charge on any atom is 0.262 e. The molecule has 0 heterocycles. The van der Waals surface area contributed by atoms with E-state index in [1.807, 2.05) is 49.4 Å². The van der Waals surface area contributed by atoms with E-state index in [0.29, 0.717) is 17.1 Å². The fourth-order valence-corrected chi connectivity index (χ4v) is 3.98. The maximum absolute atomic E-state index is 12.2. The van der Waals surface area contributed by atoms with Crippen LogP contribution in [-0.4, -0.2) is 12.5 Å². The minimum absolute atomic E-state index is 0.0868. The Kier molecular flexibility index (Phi) is 6.95. The van der Waals surface area contributed by atoms with Crippen molar-refractivity contribution in [3.8, 4) is 5.75 Å². The van der Waals surface area contributed by atoms with E-state index < -0.39 is 0 Å². The molecule has 0 saturated carbocycles. The van der Waals surface area contributed by atoms with Crippen LogP contribution in [0.4, 0.5) is 17.1 Å². The number of nitrogens with one attached hydrogen (secondary N) is 1. The Balaban J connectivity index is 1.55. The molecule has 0 aliphatic rings. The molecule has 7 heteroatoms. The first-order chi connectivity index (χ1) is 13.5. The molecule has 0 spiro atoms. The van der Waals surface area contributed by atoms with Crippen LogP contribution in [0.25, 0.3) is 0 Å². The second-order valence-corrected chi connectivity index (χ2v) is 7.72. The van der Waals surface area contributed by atoms with E-state index in [0.717, 1.165) is 20.2 Å². The minimum atomic E-state index is -0.243. The highest BCUT2D eigenvalue weighted by Crippen LogP contribution is 2.32. The van der Waals surface area contributed by atoms with Gasteiger partial charge in [0, 0.05) is 10.2 Å². The lowest BCUT2D eigenvalue weighted by molar-refractivity contribution is -0.118. The first-order valence-electron chi connectivity index (χ1n) is 8.46. The van der Waals surface area contributed by atoms with Gasteiger partial charge in [-0.1, -0.05) is 34.1 Å². The van der Waals surface area contributed by atoms with Crippen molar-refractivity contribution in [2.45, 2.75) is 6.92 Å². The summed E-state index contributed by atoms with van der Waals surface area (Å²) in [5, 5.41) is 11.1. The number of hydrogen-bond donors (Lipinski definition) is 1. The highest BCUT2D eigenvalue weighted by Gasteiger charge is 2.10. The lowest BCUT2D eigenvalue weighted by atomic mass is 10.2. The zero-order chi connectivity index (χ0) is 19.9. The summed E-state index contributed by atoms with van der Waals surface area (Å²) in [7, 11) is 0. The molecule has 28 heavy (non-hydrogen) atoms. The second kappa shape index (κ2) is 9.61. The number of anilines is 1. The predicted octanol–water partition coefficient (Wildman–Crippen LogP) is 6.95. The van der Waals surface area contributed by atoms with Crippen molar-refractivity contribution in [3.63, 3.8) is 0 Å². The largest absolute Gasteiger partial charge is 0.482 e. The van der Waals surface area contributed by atoms with Crippen molar-refractivity contribution >= 4 is 54.8 Å². The van der Waals surface area contributed by atoms with Crippen molar-refractivity contribution in [2.24, 2.45) is 10.2 Å². The topological polar surface area (TPSA) is 63.0 Å². The van der Waals surface area contributed by atoms with Crippen LogP contribution in [0.1, 0.15) is 5.56 Å². The molecule has 1 N–H and O–H groups in total. The molecule has 0 saturated heterocycles. The number of amides is 1. The Morgan fingerprint density at radius 2 is 1.61 bits per heavy atom. The van der Waals surface area contributed by atoms with E-state index in [-0.39, 0.29) is 12.5 Å². The molecule has 5 nitrogen and oxygen atoms in total. The number of halogens is 2. The molecule has 142 valence electrons. The predicted molar refractivity (Wildman–Crippen MR) is 118 cm³/mol. The van der Waals surface area contributed by atoms with Gasteiger partial charge in [0.2, 0.25) is 0 Å². The molecular formula is C21H17Br2N3O2. The summed E-state index contributed by atoms with van der Waals surface area (Å²) in [6, 6.07) is 20.4. The lowest BCUT2D eigenvalue weighted by Crippen LogP contribution is -2.20. The van der Waals surface area contributed by atoms with E-state index in [4.69, 9.17) is 4.74 Å². The van der Waals surface area contributed by atoms with Crippen molar-refractivity contribution in [2.75, 3.05) is 11.9 Å². The van der Waals surface area contributed by atoms with Gasteiger partial charge in [-0.2, -0.15) is 10.2 Å². The molecule has 0 bridgehead atoms. The molecule has 0 unspecified atom stereocenters. The quantitative estimate of drug-likeness (QED) is 0.370. The first-order valence-corrected chi connectivity index (χ1v) is 10.0. The summed E-state index contributed by atoms with van der Waals surface area (Å²) in [6.45, 7) is 1.84. The third-order valence-corrected chi connectivity index (χ3v) is 4.78. The second-order valence-electron chi connectivity index (χ2n) is 5.95. The molecular weight excluding hydrogens is 486 g/mol. The van der Waals surface area contributed by atoms with Gasteiger partial charge in [-0.25, -0.2) is 0 Å². The van der Waals surface area contributed by atoms with Crippen LogP contribution in [0.3, 0.4) is 0 Å². The molecule has 0 radical (unpaired) electrons. The number of azo groups is 1. The molecule has 3 rings (SSSR count). The molecule has 3 aromatic rings. The van der Waals surface area contributed by atoms with Gasteiger partial charge in [0.15, 0.2) is 6.61 Å². The number of nitrogens with zero attached hydrogens (tertiary/aromatic N) is 2. The third kappa shape index (κ3) is 5.74. The van der Waals surface area contributed by atoms with Crippen LogP contribution in [0, 0.1) is 6.92 Å². The van der Waals surface area contributed by atoms with E-state index in [2.05, 4.69) is 47.4 Å². The molecule has 3 aromatic carbocycles. The van der Waals surface area contributed by atoms with Gasteiger partial charge in [0.1, 0.15) is 5.75 Å². The van der Waals surface area contributed by atoms with Crippen LogP contribution in [0.5, 0.6) is 5.75 Å². The normalized spacial score (nSPS) is 10.8. The Bertz CT molecular complexity index is 967. The highest BCUT2D eigenvalue weighted by molar-refractivity contribution is 9.11. The molecule has 0 aliphatic heterocycles. The maximum atomic E-state index is 12.2. The van der Waals surface area contributed by atoms with Gasteiger partial charge in [-0.15, -0.1) is 0 Å². The Morgan fingerprint density at radius 3 is 2.25 bits per heavy atom. The van der Waals surface area contributed by atoms with Gasteiger partial charge in [0.25, 0.3) is 5.91 Å². The van der Waals surface area contributed by atoms with Crippen LogP contribution >= 0.6 is 31.9 Å². The zero-order valence-corrected chi connectivity index (χ0v) is 18.2. The molecule has 0 atom stereocenters. The SMILES string of the molecule is Cc1cc(Br)cc(Br)c1OCC(=O)Nc1ccc(N=Nc2ccccc2)cc1. The van der Waals surface area contributed by atoms with Crippen molar-refractivity contribution < 1.29 is 9.53 Å². The molecule has 0 fully saturated rings.